The van der Waals surface area contributed by atoms with Crippen molar-refractivity contribution in [3.8, 4) is 0 Å². The van der Waals surface area contributed by atoms with Crippen molar-refractivity contribution in [3.63, 3.8) is 0 Å². The van der Waals surface area contributed by atoms with Crippen LogP contribution in [-0.2, 0) is 9.59 Å². The Bertz CT molecular complexity index is 680. The molecule has 1 N–H and O–H groups in total. The summed E-state index contributed by atoms with van der Waals surface area (Å²) in [6.45, 7) is 9.14. The molecule has 3 rings (SSSR count). The van der Waals surface area contributed by atoms with Gasteiger partial charge < -0.3 is 10.2 Å². The van der Waals surface area contributed by atoms with Crippen LogP contribution in [0.1, 0.15) is 36.8 Å². The van der Waals surface area contributed by atoms with Crippen LogP contribution in [-0.4, -0.2) is 66.6 Å². The molecule has 2 fully saturated rings. The largest absolute Gasteiger partial charge is 0.354 e. The molecule has 1 saturated carbocycles. The van der Waals surface area contributed by atoms with E-state index in [0.717, 1.165) is 45.6 Å². The fraction of sp³-hybridized carbons (Fsp3) is 0.636. The lowest BCUT2D eigenvalue weighted by Gasteiger charge is -2.36. The number of hydrogen-bond donors (Lipinski definition) is 1. The Morgan fingerprint density at radius 1 is 1.11 bits per heavy atom. The Kier molecular flexibility index (Phi) is 7.80. The summed E-state index contributed by atoms with van der Waals surface area (Å²) in [7, 11) is 0. The molecule has 1 aromatic carbocycles. The summed E-state index contributed by atoms with van der Waals surface area (Å²) < 4.78 is 0. The van der Waals surface area contributed by atoms with Gasteiger partial charge in [0.15, 0.2) is 0 Å². The highest BCUT2D eigenvalue weighted by atomic mass is 32.2. The third kappa shape index (κ3) is 5.98. The Balaban J connectivity index is 1.30. The molecule has 6 heteroatoms. The molecule has 0 radical (unpaired) electrons. The van der Waals surface area contributed by atoms with E-state index in [1.54, 1.807) is 11.8 Å². The second-order valence-electron chi connectivity index (χ2n) is 8.06. The molecule has 0 aromatic heterocycles. The standard InChI is InChI=1S/C22H33N3O2S/c1-17-7-8-18(2)20(15-17)28-16-21(26)23-9-10-24-11-13-25(14-12-24)22(27)19-5-3-4-6-19/h7-8,15,19H,3-6,9-14,16H2,1-2H3,(H,23,26). The number of carbonyl (C=O) groups excluding carboxylic acids is 2. The van der Waals surface area contributed by atoms with Crippen LogP contribution in [0.25, 0.3) is 0 Å². The summed E-state index contributed by atoms with van der Waals surface area (Å²) in [6, 6.07) is 6.34. The molecule has 2 aliphatic rings. The summed E-state index contributed by atoms with van der Waals surface area (Å²) in [4.78, 5) is 30.2. The lowest BCUT2D eigenvalue weighted by atomic mass is 10.1. The normalized spacial score (nSPS) is 18.4. The van der Waals surface area contributed by atoms with Gasteiger partial charge in [-0.25, -0.2) is 0 Å². The van der Waals surface area contributed by atoms with Crippen molar-refractivity contribution >= 4 is 23.6 Å². The first kappa shape index (κ1) is 21.2. The van der Waals surface area contributed by atoms with E-state index in [1.807, 2.05) is 4.90 Å². The van der Waals surface area contributed by atoms with Crippen LogP contribution >= 0.6 is 11.8 Å². The molecule has 1 heterocycles. The maximum Gasteiger partial charge on any atom is 0.230 e. The van der Waals surface area contributed by atoms with Crippen molar-refractivity contribution in [3.05, 3.63) is 29.3 Å². The summed E-state index contributed by atoms with van der Waals surface area (Å²) in [6.07, 6.45) is 4.56. The number of rotatable bonds is 7. The van der Waals surface area contributed by atoms with Gasteiger partial charge in [0.2, 0.25) is 11.8 Å². The predicted octanol–water partition coefficient (Wildman–Crippen LogP) is 2.85. The van der Waals surface area contributed by atoms with Crippen molar-refractivity contribution in [2.24, 2.45) is 5.92 Å². The SMILES string of the molecule is Cc1ccc(C)c(SCC(=O)NCCN2CCN(C(=O)C3CCCC3)CC2)c1. The minimum atomic E-state index is 0.0842. The maximum absolute atomic E-state index is 12.5. The van der Waals surface area contributed by atoms with Crippen molar-refractivity contribution in [1.82, 2.24) is 15.1 Å². The van der Waals surface area contributed by atoms with Crippen LogP contribution in [0.4, 0.5) is 0 Å². The molecule has 2 amide bonds. The van der Waals surface area contributed by atoms with E-state index in [9.17, 15) is 9.59 Å². The van der Waals surface area contributed by atoms with Crippen molar-refractivity contribution in [2.45, 2.75) is 44.4 Å². The molecule has 1 aliphatic carbocycles. The highest BCUT2D eigenvalue weighted by molar-refractivity contribution is 8.00. The molecule has 1 aliphatic heterocycles. The minimum absolute atomic E-state index is 0.0842. The molecule has 0 unspecified atom stereocenters. The molecule has 1 aromatic rings. The van der Waals surface area contributed by atoms with Crippen LogP contribution in [0.2, 0.25) is 0 Å². The monoisotopic (exact) mass is 403 g/mol. The van der Waals surface area contributed by atoms with Crippen molar-refractivity contribution in [2.75, 3.05) is 45.0 Å². The van der Waals surface area contributed by atoms with E-state index >= 15 is 0 Å². The van der Waals surface area contributed by atoms with Gasteiger partial charge in [-0.2, -0.15) is 0 Å². The van der Waals surface area contributed by atoms with Crippen molar-refractivity contribution < 1.29 is 9.59 Å². The van der Waals surface area contributed by atoms with Crippen LogP contribution in [0.5, 0.6) is 0 Å². The quantitative estimate of drug-likeness (QED) is 0.712. The van der Waals surface area contributed by atoms with Crippen LogP contribution < -0.4 is 5.32 Å². The van der Waals surface area contributed by atoms with Gasteiger partial charge in [-0.3, -0.25) is 14.5 Å². The highest BCUT2D eigenvalue weighted by Crippen LogP contribution is 2.27. The molecular formula is C22H33N3O2S. The van der Waals surface area contributed by atoms with Crippen molar-refractivity contribution in [1.29, 1.82) is 0 Å². The van der Waals surface area contributed by atoms with E-state index in [4.69, 9.17) is 0 Å². The van der Waals surface area contributed by atoms with Gasteiger partial charge in [0.05, 0.1) is 5.75 Å². The van der Waals surface area contributed by atoms with E-state index < -0.39 is 0 Å². The Morgan fingerprint density at radius 2 is 1.82 bits per heavy atom. The molecule has 0 atom stereocenters. The van der Waals surface area contributed by atoms with Gasteiger partial charge in [-0.1, -0.05) is 30.5 Å². The number of piperazine rings is 1. The van der Waals surface area contributed by atoms with Crippen LogP contribution in [0, 0.1) is 19.8 Å². The summed E-state index contributed by atoms with van der Waals surface area (Å²) in [5.74, 6) is 1.18. The average Bonchev–Trinajstić information content (AvgIpc) is 3.23. The van der Waals surface area contributed by atoms with E-state index in [1.165, 1.54) is 28.9 Å². The van der Waals surface area contributed by atoms with Gasteiger partial charge in [0.25, 0.3) is 0 Å². The first-order valence-electron chi connectivity index (χ1n) is 10.5. The minimum Gasteiger partial charge on any atom is -0.354 e. The number of thioether (sulfide) groups is 1. The first-order chi connectivity index (χ1) is 13.5. The van der Waals surface area contributed by atoms with Gasteiger partial charge in [-0.05, 0) is 38.3 Å². The molecule has 0 spiro atoms. The predicted molar refractivity (Wildman–Crippen MR) is 115 cm³/mol. The van der Waals surface area contributed by atoms with E-state index in [-0.39, 0.29) is 11.8 Å². The lowest BCUT2D eigenvalue weighted by molar-refractivity contribution is -0.137. The number of nitrogens with one attached hydrogen (secondary N) is 1. The average molecular weight is 404 g/mol. The topological polar surface area (TPSA) is 52.7 Å². The molecular weight excluding hydrogens is 370 g/mol. The fourth-order valence-electron chi connectivity index (χ4n) is 4.03. The number of amides is 2. The van der Waals surface area contributed by atoms with Crippen LogP contribution in [0.3, 0.4) is 0 Å². The lowest BCUT2D eigenvalue weighted by Crippen LogP contribution is -2.51. The zero-order chi connectivity index (χ0) is 19.9. The number of aryl methyl sites for hydroxylation is 2. The molecule has 5 nitrogen and oxygen atoms in total. The summed E-state index contributed by atoms with van der Waals surface area (Å²) >= 11 is 1.60. The van der Waals surface area contributed by atoms with Crippen LogP contribution in [0.15, 0.2) is 23.1 Å². The molecule has 28 heavy (non-hydrogen) atoms. The molecule has 0 bridgehead atoms. The maximum atomic E-state index is 12.5. The highest BCUT2D eigenvalue weighted by Gasteiger charge is 2.29. The van der Waals surface area contributed by atoms with Gasteiger partial charge in [-0.15, -0.1) is 11.8 Å². The first-order valence-corrected chi connectivity index (χ1v) is 11.5. The summed E-state index contributed by atoms with van der Waals surface area (Å²) in [5, 5.41) is 3.03. The zero-order valence-electron chi connectivity index (χ0n) is 17.2. The third-order valence-electron chi connectivity index (χ3n) is 5.84. The Labute approximate surface area is 173 Å². The fourth-order valence-corrected chi connectivity index (χ4v) is 4.99. The second kappa shape index (κ2) is 10.3. The van der Waals surface area contributed by atoms with E-state index in [2.05, 4.69) is 42.3 Å². The Hall–Kier alpha value is -1.53. The smallest absolute Gasteiger partial charge is 0.230 e. The number of benzene rings is 1. The molecule has 154 valence electrons. The number of carbonyl (C=O) groups is 2. The number of nitrogens with zero attached hydrogens (tertiary/aromatic N) is 2. The summed E-state index contributed by atoms with van der Waals surface area (Å²) in [5.41, 5.74) is 2.44. The van der Waals surface area contributed by atoms with E-state index in [0.29, 0.717) is 18.2 Å². The van der Waals surface area contributed by atoms with Gasteiger partial charge in [0.1, 0.15) is 0 Å². The molecule has 1 saturated heterocycles. The zero-order valence-corrected chi connectivity index (χ0v) is 18.0. The number of hydrogen-bond acceptors (Lipinski definition) is 4. The third-order valence-corrected chi connectivity index (χ3v) is 7.00. The second-order valence-corrected chi connectivity index (χ2v) is 9.07. The van der Waals surface area contributed by atoms with Gasteiger partial charge in [0, 0.05) is 50.1 Å². The van der Waals surface area contributed by atoms with Gasteiger partial charge >= 0.3 is 0 Å². The Morgan fingerprint density at radius 3 is 2.54 bits per heavy atom.